The fraction of sp³-hybridized carbons (Fsp3) is 0.630. The molecule has 0 bridgehead atoms. The van der Waals surface area contributed by atoms with Gasteiger partial charge in [-0.3, -0.25) is 9.59 Å². The molecule has 0 aliphatic rings. The SMILES string of the molecule is CC(C)(C)OC(=O)c1ccc(CCCCCCCCCCC(=O)N[C@@H](CCC(=O)O)C(=O)O)cc1. The van der Waals surface area contributed by atoms with Crippen molar-refractivity contribution >= 4 is 23.8 Å². The highest BCUT2D eigenvalue weighted by Gasteiger charge is 2.20. The third kappa shape index (κ3) is 14.9. The van der Waals surface area contributed by atoms with Crippen LogP contribution in [-0.4, -0.2) is 45.7 Å². The van der Waals surface area contributed by atoms with Crippen LogP contribution in [0.1, 0.15) is 107 Å². The Labute approximate surface area is 208 Å². The first-order valence-corrected chi connectivity index (χ1v) is 12.5. The van der Waals surface area contributed by atoms with Crippen LogP contribution in [-0.2, 0) is 25.5 Å². The summed E-state index contributed by atoms with van der Waals surface area (Å²) in [6.45, 7) is 5.56. The van der Waals surface area contributed by atoms with Crippen molar-refractivity contribution < 1.29 is 34.1 Å². The van der Waals surface area contributed by atoms with Crippen molar-refractivity contribution in [2.45, 2.75) is 109 Å². The lowest BCUT2D eigenvalue weighted by Gasteiger charge is -2.19. The summed E-state index contributed by atoms with van der Waals surface area (Å²) in [5.41, 5.74) is 1.28. The summed E-state index contributed by atoms with van der Waals surface area (Å²) in [4.78, 5) is 45.6. The van der Waals surface area contributed by atoms with Crippen molar-refractivity contribution in [2.24, 2.45) is 0 Å². The number of nitrogens with one attached hydrogen (secondary N) is 1. The molecule has 0 aromatic heterocycles. The minimum absolute atomic E-state index is 0.117. The van der Waals surface area contributed by atoms with Gasteiger partial charge in [0, 0.05) is 12.8 Å². The Hall–Kier alpha value is -2.90. The first kappa shape index (κ1) is 30.1. The topological polar surface area (TPSA) is 130 Å². The van der Waals surface area contributed by atoms with Gasteiger partial charge in [-0.25, -0.2) is 9.59 Å². The van der Waals surface area contributed by atoms with E-state index in [1.54, 1.807) is 0 Å². The maximum absolute atomic E-state index is 12.1. The van der Waals surface area contributed by atoms with Gasteiger partial charge in [0.15, 0.2) is 0 Å². The number of carbonyl (C=O) groups excluding carboxylic acids is 2. The van der Waals surface area contributed by atoms with Gasteiger partial charge < -0.3 is 20.3 Å². The first-order valence-electron chi connectivity index (χ1n) is 12.5. The minimum atomic E-state index is -1.21. The Morgan fingerprint density at radius 2 is 1.37 bits per heavy atom. The maximum Gasteiger partial charge on any atom is 0.338 e. The fourth-order valence-electron chi connectivity index (χ4n) is 3.61. The summed E-state index contributed by atoms with van der Waals surface area (Å²) < 4.78 is 5.38. The molecule has 196 valence electrons. The molecule has 0 spiro atoms. The number of aliphatic carboxylic acids is 2. The standard InChI is InChI=1S/C27H41NO7/c1-27(2,3)35-26(34)21-16-14-20(15-17-21)12-10-8-6-4-5-7-9-11-13-23(29)28-22(25(32)33)18-19-24(30)31/h14-17,22H,4-13,18-19H2,1-3H3,(H,28,29)(H,30,31)(H,32,33)/t22-/m0/s1. The quantitative estimate of drug-likeness (QED) is 0.203. The molecule has 0 aliphatic heterocycles. The van der Waals surface area contributed by atoms with Gasteiger partial charge in [0.05, 0.1) is 5.56 Å². The minimum Gasteiger partial charge on any atom is -0.481 e. The number of ether oxygens (including phenoxy) is 1. The molecule has 8 nitrogen and oxygen atoms in total. The van der Waals surface area contributed by atoms with Crippen molar-refractivity contribution in [1.29, 1.82) is 0 Å². The van der Waals surface area contributed by atoms with E-state index in [1.807, 2.05) is 45.0 Å². The van der Waals surface area contributed by atoms with Crippen LogP contribution in [0.15, 0.2) is 24.3 Å². The molecule has 0 saturated heterocycles. The zero-order valence-electron chi connectivity index (χ0n) is 21.3. The Kier molecular flexibility index (Phi) is 13.7. The van der Waals surface area contributed by atoms with Crippen LogP contribution in [0.4, 0.5) is 0 Å². The molecule has 0 aliphatic carbocycles. The van der Waals surface area contributed by atoms with Crippen LogP contribution in [0.5, 0.6) is 0 Å². The summed E-state index contributed by atoms with van der Waals surface area (Å²) in [5.74, 6) is -2.94. The van der Waals surface area contributed by atoms with Crippen LogP contribution < -0.4 is 5.32 Å². The largest absolute Gasteiger partial charge is 0.481 e. The highest BCUT2D eigenvalue weighted by molar-refractivity contribution is 5.89. The molecule has 1 amide bonds. The lowest BCUT2D eigenvalue weighted by molar-refractivity contribution is -0.143. The van der Waals surface area contributed by atoms with Gasteiger partial charge in [-0.05, 0) is 64.2 Å². The van der Waals surface area contributed by atoms with Gasteiger partial charge >= 0.3 is 17.9 Å². The normalized spacial score (nSPS) is 12.1. The van der Waals surface area contributed by atoms with Crippen LogP contribution in [0.25, 0.3) is 0 Å². The summed E-state index contributed by atoms with van der Waals surface area (Å²) in [7, 11) is 0. The van der Waals surface area contributed by atoms with Crippen molar-refractivity contribution in [3.05, 3.63) is 35.4 Å². The molecule has 0 radical (unpaired) electrons. The van der Waals surface area contributed by atoms with Gasteiger partial charge in [-0.2, -0.15) is 0 Å². The van der Waals surface area contributed by atoms with E-state index in [2.05, 4.69) is 5.32 Å². The number of carboxylic acids is 2. The van der Waals surface area contributed by atoms with Gasteiger partial charge in [0.2, 0.25) is 5.91 Å². The molecule has 1 atom stereocenters. The number of esters is 1. The zero-order chi connectivity index (χ0) is 26.3. The van der Waals surface area contributed by atoms with Crippen molar-refractivity contribution in [3.63, 3.8) is 0 Å². The predicted molar refractivity (Wildman–Crippen MR) is 133 cm³/mol. The highest BCUT2D eigenvalue weighted by atomic mass is 16.6. The van der Waals surface area contributed by atoms with Gasteiger partial charge in [-0.1, -0.05) is 50.7 Å². The number of carboxylic acid groups (broad SMARTS) is 2. The predicted octanol–water partition coefficient (Wildman–Crippen LogP) is 5.13. The van der Waals surface area contributed by atoms with E-state index in [1.165, 1.54) is 5.56 Å². The van der Waals surface area contributed by atoms with Crippen LogP contribution in [0.3, 0.4) is 0 Å². The van der Waals surface area contributed by atoms with Crippen LogP contribution in [0, 0.1) is 0 Å². The molecule has 3 N–H and O–H groups in total. The Balaban J connectivity index is 2.08. The van der Waals surface area contributed by atoms with Crippen LogP contribution >= 0.6 is 0 Å². The van der Waals surface area contributed by atoms with Crippen molar-refractivity contribution in [2.75, 3.05) is 0 Å². The first-order chi connectivity index (χ1) is 16.5. The van der Waals surface area contributed by atoms with E-state index in [4.69, 9.17) is 14.9 Å². The van der Waals surface area contributed by atoms with E-state index < -0.39 is 23.6 Å². The number of hydrogen-bond acceptors (Lipinski definition) is 5. The number of benzene rings is 1. The molecule has 0 heterocycles. The van der Waals surface area contributed by atoms with E-state index in [9.17, 15) is 19.2 Å². The summed E-state index contributed by atoms with van der Waals surface area (Å²) in [5, 5.41) is 20.1. The molecule has 0 saturated carbocycles. The maximum atomic E-state index is 12.1. The molecule has 8 heteroatoms. The molecular weight excluding hydrogens is 450 g/mol. The second kappa shape index (κ2) is 15.9. The summed E-state index contributed by atoms with van der Waals surface area (Å²) in [6.07, 6.45) is 9.08. The molecule has 0 unspecified atom stereocenters. The smallest absolute Gasteiger partial charge is 0.338 e. The molecule has 1 rings (SSSR count). The number of unbranched alkanes of at least 4 members (excludes halogenated alkanes) is 7. The van der Waals surface area contributed by atoms with Crippen LogP contribution in [0.2, 0.25) is 0 Å². The average Bonchev–Trinajstić information content (AvgIpc) is 2.76. The third-order valence-corrected chi connectivity index (χ3v) is 5.49. The number of hydrogen-bond donors (Lipinski definition) is 3. The van der Waals surface area contributed by atoms with Gasteiger partial charge in [0.25, 0.3) is 0 Å². The van der Waals surface area contributed by atoms with Gasteiger partial charge in [0.1, 0.15) is 11.6 Å². The lowest BCUT2D eigenvalue weighted by atomic mass is 10.0. The van der Waals surface area contributed by atoms with E-state index in [-0.39, 0.29) is 31.1 Å². The Bertz CT molecular complexity index is 812. The average molecular weight is 492 g/mol. The Morgan fingerprint density at radius 3 is 1.89 bits per heavy atom. The zero-order valence-corrected chi connectivity index (χ0v) is 21.3. The number of aryl methyl sites for hydroxylation is 1. The van der Waals surface area contributed by atoms with Gasteiger partial charge in [-0.15, -0.1) is 0 Å². The second-order valence-corrected chi connectivity index (χ2v) is 9.92. The Morgan fingerprint density at radius 1 is 0.829 bits per heavy atom. The van der Waals surface area contributed by atoms with Crippen molar-refractivity contribution in [1.82, 2.24) is 5.32 Å². The number of amides is 1. The molecule has 1 aromatic carbocycles. The molecule has 0 fully saturated rings. The number of carbonyl (C=O) groups is 4. The van der Waals surface area contributed by atoms with E-state index in [0.717, 1.165) is 51.4 Å². The van der Waals surface area contributed by atoms with Crippen molar-refractivity contribution in [3.8, 4) is 0 Å². The lowest BCUT2D eigenvalue weighted by Crippen LogP contribution is -2.41. The molecular formula is C27H41NO7. The van der Waals surface area contributed by atoms with E-state index in [0.29, 0.717) is 12.0 Å². The fourth-order valence-corrected chi connectivity index (χ4v) is 3.61. The summed E-state index contributed by atoms with van der Waals surface area (Å²) in [6, 6.07) is 6.46. The highest BCUT2D eigenvalue weighted by Crippen LogP contribution is 2.15. The third-order valence-electron chi connectivity index (χ3n) is 5.49. The van der Waals surface area contributed by atoms with E-state index >= 15 is 0 Å². The molecule has 35 heavy (non-hydrogen) atoms. The summed E-state index contributed by atoms with van der Waals surface area (Å²) >= 11 is 0. The number of rotatable bonds is 17. The molecule has 1 aromatic rings. The monoisotopic (exact) mass is 491 g/mol. The second-order valence-electron chi connectivity index (χ2n) is 9.92.